The zero-order valence-corrected chi connectivity index (χ0v) is 21.8. The van der Waals surface area contributed by atoms with Gasteiger partial charge in [0.15, 0.2) is 0 Å². The number of ether oxygens (including phenoxy) is 3. The van der Waals surface area contributed by atoms with Crippen LogP contribution in [0.25, 0.3) is 11.5 Å². The highest BCUT2D eigenvalue weighted by Gasteiger charge is 2.19. The molecular weight excluding hydrogens is 500 g/mol. The minimum atomic E-state index is -1.13. The molecule has 0 saturated heterocycles. The number of oxazole rings is 1. The summed E-state index contributed by atoms with van der Waals surface area (Å²) < 4.78 is 22.2. The lowest BCUT2D eigenvalue weighted by Gasteiger charge is -2.20. The van der Waals surface area contributed by atoms with Gasteiger partial charge in [0.1, 0.15) is 30.4 Å². The van der Waals surface area contributed by atoms with Gasteiger partial charge in [0.2, 0.25) is 5.89 Å². The maximum atomic E-state index is 12.6. The molecule has 0 bridgehead atoms. The van der Waals surface area contributed by atoms with Crippen LogP contribution in [0.5, 0.6) is 11.5 Å². The summed E-state index contributed by atoms with van der Waals surface area (Å²) in [4.78, 5) is 29.7. The van der Waals surface area contributed by atoms with E-state index in [2.05, 4.69) is 4.98 Å². The van der Waals surface area contributed by atoms with Crippen LogP contribution in [-0.4, -0.2) is 47.3 Å². The van der Waals surface area contributed by atoms with Crippen LogP contribution in [0.3, 0.4) is 0 Å². The average molecular weight is 531 g/mol. The molecule has 0 atom stereocenters. The van der Waals surface area contributed by atoms with Crippen LogP contribution in [0.15, 0.2) is 83.3 Å². The number of carbonyl (C=O) groups excluding carboxylic acids is 1. The number of carbonyl (C=O) groups is 2. The monoisotopic (exact) mass is 530 g/mol. The number of amides is 1. The third-order valence-electron chi connectivity index (χ3n) is 5.90. The molecular formula is C30H30N2O7. The van der Waals surface area contributed by atoms with Gasteiger partial charge in [-0.15, -0.1) is 0 Å². The van der Waals surface area contributed by atoms with E-state index in [9.17, 15) is 14.7 Å². The first-order valence-corrected chi connectivity index (χ1v) is 12.4. The van der Waals surface area contributed by atoms with E-state index in [0.717, 1.165) is 33.0 Å². The van der Waals surface area contributed by atoms with Gasteiger partial charge in [-0.1, -0.05) is 42.5 Å². The number of carboxylic acids is 1. The van der Waals surface area contributed by atoms with E-state index in [1.807, 2.05) is 37.3 Å². The topological polar surface area (TPSA) is 111 Å². The molecule has 0 fully saturated rings. The second kappa shape index (κ2) is 13.1. The van der Waals surface area contributed by atoms with E-state index in [0.29, 0.717) is 30.4 Å². The standard InChI is InChI=1S/C30H30N2O7/c1-21-27(31-29(39-21)24-8-4-3-5-9-24)15-16-37-25-13-11-22(12-14-25)18-32(19-28(33)34)30(35)38-20-23-7-6-10-26(17-23)36-2/h3-14,17H,15-16,18-20H2,1-2H3,(H,33,34). The van der Waals surface area contributed by atoms with Crippen molar-refractivity contribution in [2.75, 3.05) is 20.3 Å². The van der Waals surface area contributed by atoms with E-state index in [1.165, 1.54) is 0 Å². The third kappa shape index (κ3) is 7.85. The van der Waals surface area contributed by atoms with Gasteiger partial charge in [-0.05, 0) is 54.4 Å². The van der Waals surface area contributed by atoms with Gasteiger partial charge in [-0.25, -0.2) is 9.78 Å². The van der Waals surface area contributed by atoms with Crippen LogP contribution in [0.2, 0.25) is 0 Å². The Bertz CT molecular complexity index is 1380. The van der Waals surface area contributed by atoms with Crippen LogP contribution in [0.1, 0.15) is 22.6 Å². The number of methoxy groups -OCH3 is 1. The summed E-state index contributed by atoms with van der Waals surface area (Å²) in [7, 11) is 1.55. The molecule has 4 rings (SSSR count). The SMILES string of the molecule is COc1cccc(COC(=O)N(CC(=O)O)Cc2ccc(OCCc3nc(-c4ccccc4)oc3C)cc2)c1. The molecule has 0 aliphatic heterocycles. The van der Waals surface area contributed by atoms with Gasteiger partial charge in [-0.3, -0.25) is 9.69 Å². The third-order valence-corrected chi connectivity index (χ3v) is 5.90. The van der Waals surface area contributed by atoms with Gasteiger partial charge in [0, 0.05) is 18.5 Å². The molecule has 0 radical (unpaired) electrons. The molecule has 1 aromatic heterocycles. The fraction of sp³-hybridized carbons (Fsp3) is 0.233. The lowest BCUT2D eigenvalue weighted by molar-refractivity contribution is -0.138. The summed E-state index contributed by atoms with van der Waals surface area (Å²) in [6, 6.07) is 24.0. The number of hydrogen-bond acceptors (Lipinski definition) is 7. The molecule has 0 aliphatic carbocycles. The molecule has 202 valence electrons. The zero-order chi connectivity index (χ0) is 27.6. The molecule has 4 aromatic rings. The highest BCUT2D eigenvalue weighted by molar-refractivity contribution is 5.76. The number of aromatic nitrogens is 1. The van der Waals surface area contributed by atoms with E-state index in [-0.39, 0.29) is 13.2 Å². The summed E-state index contributed by atoms with van der Waals surface area (Å²) in [5.41, 5.74) is 3.23. The highest BCUT2D eigenvalue weighted by Crippen LogP contribution is 2.22. The van der Waals surface area contributed by atoms with E-state index in [1.54, 1.807) is 55.6 Å². The molecule has 9 heteroatoms. The number of hydrogen-bond donors (Lipinski definition) is 1. The smallest absolute Gasteiger partial charge is 0.410 e. The van der Waals surface area contributed by atoms with E-state index in [4.69, 9.17) is 18.6 Å². The van der Waals surface area contributed by atoms with Crippen LogP contribution in [0, 0.1) is 6.92 Å². The van der Waals surface area contributed by atoms with Crippen molar-refractivity contribution >= 4 is 12.1 Å². The summed E-state index contributed by atoms with van der Waals surface area (Å²) in [6.45, 7) is 1.87. The lowest BCUT2D eigenvalue weighted by atomic mass is 10.2. The number of benzene rings is 3. The Morgan fingerprint density at radius 1 is 0.949 bits per heavy atom. The van der Waals surface area contributed by atoms with Gasteiger partial charge in [-0.2, -0.15) is 0 Å². The largest absolute Gasteiger partial charge is 0.497 e. The quantitative estimate of drug-likeness (QED) is 0.255. The molecule has 9 nitrogen and oxygen atoms in total. The number of nitrogens with zero attached hydrogens (tertiary/aromatic N) is 2. The van der Waals surface area contributed by atoms with Gasteiger partial charge < -0.3 is 23.7 Å². The average Bonchev–Trinajstić information content (AvgIpc) is 3.32. The first-order chi connectivity index (χ1) is 18.9. The Morgan fingerprint density at radius 2 is 1.72 bits per heavy atom. The summed E-state index contributed by atoms with van der Waals surface area (Å²) in [5.74, 6) is 1.49. The Kier molecular flexibility index (Phi) is 9.18. The zero-order valence-electron chi connectivity index (χ0n) is 21.8. The van der Waals surface area contributed by atoms with E-state index >= 15 is 0 Å². The van der Waals surface area contributed by atoms with Crippen molar-refractivity contribution in [2.24, 2.45) is 0 Å². The maximum absolute atomic E-state index is 12.6. The van der Waals surface area contributed by atoms with Crippen molar-refractivity contribution in [1.82, 2.24) is 9.88 Å². The van der Waals surface area contributed by atoms with Crippen molar-refractivity contribution in [3.63, 3.8) is 0 Å². The van der Waals surface area contributed by atoms with Gasteiger partial charge in [0.05, 0.1) is 19.4 Å². The van der Waals surface area contributed by atoms with Crippen molar-refractivity contribution < 1.29 is 33.3 Å². The molecule has 0 unspecified atom stereocenters. The highest BCUT2D eigenvalue weighted by atomic mass is 16.6. The first kappa shape index (κ1) is 27.3. The van der Waals surface area contributed by atoms with Crippen LogP contribution < -0.4 is 9.47 Å². The van der Waals surface area contributed by atoms with Crippen LogP contribution in [0.4, 0.5) is 4.79 Å². The summed E-state index contributed by atoms with van der Waals surface area (Å²) in [6.07, 6.45) is -0.145. The van der Waals surface area contributed by atoms with Crippen LogP contribution >= 0.6 is 0 Å². The molecule has 1 N–H and O–H groups in total. The fourth-order valence-corrected chi connectivity index (χ4v) is 3.89. The van der Waals surface area contributed by atoms with E-state index < -0.39 is 18.6 Å². The Morgan fingerprint density at radius 3 is 2.44 bits per heavy atom. The normalized spacial score (nSPS) is 10.6. The van der Waals surface area contributed by atoms with Crippen molar-refractivity contribution in [3.05, 3.63) is 101 Å². The van der Waals surface area contributed by atoms with Crippen LogP contribution in [-0.2, 0) is 29.1 Å². The summed E-state index contributed by atoms with van der Waals surface area (Å²) in [5, 5.41) is 9.29. The fourth-order valence-electron chi connectivity index (χ4n) is 3.89. The lowest BCUT2D eigenvalue weighted by Crippen LogP contribution is -2.35. The Balaban J connectivity index is 1.30. The Hall–Kier alpha value is -4.79. The second-order valence-electron chi connectivity index (χ2n) is 8.79. The number of aryl methyl sites for hydroxylation is 1. The first-order valence-electron chi connectivity index (χ1n) is 12.4. The molecule has 1 heterocycles. The number of rotatable bonds is 12. The Labute approximate surface area is 226 Å². The molecule has 3 aromatic carbocycles. The predicted molar refractivity (Wildman–Crippen MR) is 144 cm³/mol. The minimum Gasteiger partial charge on any atom is -0.497 e. The summed E-state index contributed by atoms with van der Waals surface area (Å²) >= 11 is 0. The minimum absolute atomic E-state index is 0.00321. The molecule has 1 amide bonds. The van der Waals surface area contributed by atoms with Gasteiger partial charge in [0.25, 0.3) is 0 Å². The van der Waals surface area contributed by atoms with Crippen molar-refractivity contribution in [1.29, 1.82) is 0 Å². The number of aliphatic carboxylic acids is 1. The molecule has 39 heavy (non-hydrogen) atoms. The van der Waals surface area contributed by atoms with Crippen molar-refractivity contribution in [2.45, 2.75) is 26.5 Å². The maximum Gasteiger partial charge on any atom is 0.410 e. The predicted octanol–water partition coefficient (Wildman–Crippen LogP) is 5.50. The number of carboxylic acid groups (broad SMARTS) is 1. The molecule has 0 saturated carbocycles. The van der Waals surface area contributed by atoms with Gasteiger partial charge >= 0.3 is 12.1 Å². The second-order valence-corrected chi connectivity index (χ2v) is 8.79. The molecule has 0 aliphatic rings. The molecule has 0 spiro atoms. The van der Waals surface area contributed by atoms with Crippen molar-refractivity contribution in [3.8, 4) is 23.0 Å².